The molecule has 1 saturated heterocycles. The van der Waals surface area contributed by atoms with Crippen molar-refractivity contribution in [1.29, 1.82) is 0 Å². The summed E-state index contributed by atoms with van der Waals surface area (Å²) in [5.74, 6) is -0.936. The zero-order valence-electron chi connectivity index (χ0n) is 9.51. The second kappa shape index (κ2) is 7.63. The summed E-state index contributed by atoms with van der Waals surface area (Å²) >= 11 is 1.09. The van der Waals surface area contributed by atoms with Crippen LogP contribution in [0.15, 0.2) is 0 Å². The summed E-state index contributed by atoms with van der Waals surface area (Å²) in [6.45, 7) is 1.92. The molecule has 0 radical (unpaired) electrons. The second-order valence-corrected chi connectivity index (χ2v) is 4.73. The molecule has 1 aromatic heterocycles. The van der Waals surface area contributed by atoms with Crippen molar-refractivity contribution in [3.05, 3.63) is 4.88 Å². The van der Waals surface area contributed by atoms with E-state index in [0.29, 0.717) is 11.2 Å². The molecule has 6 nitrogen and oxygen atoms in total. The van der Waals surface area contributed by atoms with E-state index in [0.717, 1.165) is 37.3 Å². The fraction of sp³-hybridized carbons (Fsp3) is 0.556. The fourth-order valence-corrected chi connectivity index (χ4v) is 2.50. The van der Waals surface area contributed by atoms with Crippen LogP contribution in [0.3, 0.4) is 0 Å². The van der Waals surface area contributed by atoms with Gasteiger partial charge in [0.05, 0.1) is 0 Å². The number of halogens is 2. The molecular formula is C9H16Cl2N4O2S. The van der Waals surface area contributed by atoms with Crippen LogP contribution < -0.4 is 16.4 Å². The number of nitrogen functional groups attached to an aromatic ring is 1. The summed E-state index contributed by atoms with van der Waals surface area (Å²) < 4.78 is 0. The molecule has 1 aliphatic heterocycles. The van der Waals surface area contributed by atoms with E-state index < -0.39 is 5.97 Å². The monoisotopic (exact) mass is 314 g/mol. The summed E-state index contributed by atoms with van der Waals surface area (Å²) in [6.07, 6.45) is 2.18. The number of thiazole rings is 1. The van der Waals surface area contributed by atoms with Gasteiger partial charge in [0.25, 0.3) is 0 Å². The Morgan fingerprint density at radius 2 is 2.28 bits per heavy atom. The number of nitrogens with two attached hydrogens (primary N) is 1. The molecule has 2 rings (SSSR count). The quantitative estimate of drug-likeness (QED) is 0.673. The number of carbonyl (C=O) groups is 1. The largest absolute Gasteiger partial charge is 0.477 e. The molecular weight excluding hydrogens is 299 g/mol. The number of nitrogens with zero attached hydrogens (tertiary/aromatic N) is 1. The molecule has 0 saturated carbocycles. The molecule has 1 aromatic rings. The minimum atomic E-state index is -1.02. The van der Waals surface area contributed by atoms with Gasteiger partial charge in [-0.25, -0.2) is 9.78 Å². The molecule has 9 heteroatoms. The van der Waals surface area contributed by atoms with E-state index in [9.17, 15) is 4.79 Å². The zero-order chi connectivity index (χ0) is 11.5. The molecule has 0 spiro atoms. The van der Waals surface area contributed by atoms with E-state index in [-0.39, 0.29) is 35.5 Å². The van der Waals surface area contributed by atoms with Crippen LogP contribution in [0.4, 0.5) is 10.9 Å². The molecule has 1 atom stereocenters. The van der Waals surface area contributed by atoms with Gasteiger partial charge in [0.1, 0.15) is 0 Å². The maximum Gasteiger partial charge on any atom is 0.349 e. The smallest absolute Gasteiger partial charge is 0.349 e. The van der Waals surface area contributed by atoms with Crippen LogP contribution >= 0.6 is 36.2 Å². The Hall–Kier alpha value is -0.760. The van der Waals surface area contributed by atoms with Crippen LogP contribution in [0.2, 0.25) is 0 Å². The lowest BCUT2D eigenvalue weighted by atomic mass is 10.1. The van der Waals surface area contributed by atoms with Crippen LogP contribution in [0.5, 0.6) is 0 Å². The molecule has 5 N–H and O–H groups in total. The Kier molecular flexibility index (Phi) is 7.30. The van der Waals surface area contributed by atoms with Crippen molar-refractivity contribution in [3.8, 4) is 0 Å². The Bertz CT molecular complexity index is 396. The first-order valence-corrected chi connectivity index (χ1v) is 5.95. The van der Waals surface area contributed by atoms with Crippen molar-refractivity contribution in [3.63, 3.8) is 0 Å². The minimum Gasteiger partial charge on any atom is -0.477 e. The lowest BCUT2D eigenvalue weighted by Crippen LogP contribution is -2.38. The van der Waals surface area contributed by atoms with Gasteiger partial charge in [0.15, 0.2) is 15.8 Å². The lowest BCUT2D eigenvalue weighted by Gasteiger charge is -2.23. The normalized spacial score (nSPS) is 18.3. The van der Waals surface area contributed by atoms with E-state index in [1.54, 1.807) is 0 Å². The molecule has 1 unspecified atom stereocenters. The Labute approximate surface area is 121 Å². The summed E-state index contributed by atoms with van der Waals surface area (Å²) in [6, 6.07) is 0.306. The predicted octanol–water partition coefficient (Wildman–Crippen LogP) is 1.43. The molecule has 104 valence electrons. The lowest BCUT2D eigenvalue weighted by molar-refractivity contribution is 0.0703. The third-order valence-corrected chi connectivity index (χ3v) is 3.46. The van der Waals surface area contributed by atoms with Crippen molar-refractivity contribution in [2.75, 3.05) is 24.1 Å². The van der Waals surface area contributed by atoms with Crippen LogP contribution in [-0.2, 0) is 0 Å². The van der Waals surface area contributed by atoms with Gasteiger partial charge >= 0.3 is 5.97 Å². The number of aromatic nitrogens is 1. The van der Waals surface area contributed by atoms with Crippen molar-refractivity contribution in [2.45, 2.75) is 18.9 Å². The first kappa shape index (κ1) is 17.2. The Morgan fingerprint density at radius 1 is 1.56 bits per heavy atom. The van der Waals surface area contributed by atoms with E-state index in [1.165, 1.54) is 0 Å². The maximum absolute atomic E-state index is 10.8. The highest BCUT2D eigenvalue weighted by Gasteiger charge is 2.18. The average Bonchev–Trinajstić information content (AvgIpc) is 2.61. The topological polar surface area (TPSA) is 100 Å². The molecule has 2 heterocycles. The van der Waals surface area contributed by atoms with Crippen molar-refractivity contribution >= 4 is 53.1 Å². The highest BCUT2D eigenvalue weighted by atomic mass is 35.5. The Morgan fingerprint density at radius 3 is 2.78 bits per heavy atom. The van der Waals surface area contributed by atoms with Gasteiger partial charge in [-0.2, -0.15) is 0 Å². The first-order chi connectivity index (χ1) is 7.66. The molecule has 0 aromatic carbocycles. The van der Waals surface area contributed by atoms with Gasteiger partial charge in [-0.15, -0.1) is 24.8 Å². The molecule has 0 aliphatic carbocycles. The third-order valence-electron chi connectivity index (χ3n) is 2.47. The fourth-order valence-electron chi connectivity index (χ4n) is 1.70. The number of rotatable bonds is 3. The molecule has 0 amide bonds. The van der Waals surface area contributed by atoms with Crippen LogP contribution in [-0.4, -0.2) is 35.2 Å². The number of hydrogen-bond donors (Lipinski definition) is 4. The van der Waals surface area contributed by atoms with E-state index >= 15 is 0 Å². The maximum atomic E-state index is 10.8. The second-order valence-electron chi connectivity index (χ2n) is 3.73. The highest BCUT2D eigenvalue weighted by Crippen LogP contribution is 2.25. The zero-order valence-corrected chi connectivity index (χ0v) is 12.0. The average molecular weight is 315 g/mol. The third kappa shape index (κ3) is 4.16. The number of aromatic carboxylic acids is 1. The van der Waals surface area contributed by atoms with Gasteiger partial charge < -0.3 is 21.5 Å². The number of nitrogens with one attached hydrogen (secondary N) is 2. The van der Waals surface area contributed by atoms with Crippen molar-refractivity contribution in [1.82, 2.24) is 10.3 Å². The summed E-state index contributed by atoms with van der Waals surface area (Å²) in [4.78, 5) is 14.9. The van der Waals surface area contributed by atoms with Gasteiger partial charge in [0.2, 0.25) is 0 Å². The highest BCUT2D eigenvalue weighted by molar-refractivity contribution is 7.17. The molecule has 1 aliphatic rings. The SMILES string of the molecule is Cl.Cl.Nc1nc(NC2CCCNC2)sc1C(=O)O. The van der Waals surface area contributed by atoms with Crippen molar-refractivity contribution in [2.24, 2.45) is 0 Å². The van der Waals surface area contributed by atoms with Gasteiger partial charge in [0, 0.05) is 12.6 Å². The number of carboxylic acids is 1. The first-order valence-electron chi connectivity index (χ1n) is 5.13. The molecule has 18 heavy (non-hydrogen) atoms. The van der Waals surface area contributed by atoms with Crippen LogP contribution in [0, 0.1) is 0 Å². The number of hydrogen-bond acceptors (Lipinski definition) is 6. The number of piperidine rings is 1. The number of carboxylic acid groups (broad SMARTS) is 1. The van der Waals surface area contributed by atoms with Gasteiger partial charge in [-0.3, -0.25) is 0 Å². The minimum absolute atomic E-state index is 0. The predicted molar refractivity (Wildman–Crippen MR) is 77.5 cm³/mol. The van der Waals surface area contributed by atoms with E-state index in [2.05, 4.69) is 15.6 Å². The Balaban J connectivity index is 0.00000144. The van der Waals surface area contributed by atoms with Crippen LogP contribution in [0.1, 0.15) is 22.5 Å². The van der Waals surface area contributed by atoms with Crippen LogP contribution in [0.25, 0.3) is 0 Å². The van der Waals surface area contributed by atoms with E-state index in [4.69, 9.17) is 10.8 Å². The van der Waals surface area contributed by atoms with Crippen molar-refractivity contribution < 1.29 is 9.90 Å². The standard InChI is InChI=1S/C9H14N4O2S.2ClH/c10-7-6(8(14)15)16-9(13-7)12-5-2-1-3-11-4-5;;/h5,11H,1-4,10H2,(H,12,13)(H,14,15);2*1H. The summed E-state index contributed by atoms with van der Waals surface area (Å²) in [5, 5.41) is 15.9. The molecule has 1 fully saturated rings. The van der Waals surface area contributed by atoms with Gasteiger partial charge in [-0.1, -0.05) is 11.3 Å². The van der Waals surface area contributed by atoms with E-state index in [1.807, 2.05) is 0 Å². The summed E-state index contributed by atoms with van der Waals surface area (Å²) in [7, 11) is 0. The molecule has 0 bridgehead atoms. The summed E-state index contributed by atoms with van der Waals surface area (Å²) in [5.41, 5.74) is 5.51. The number of anilines is 2. The van der Waals surface area contributed by atoms with Gasteiger partial charge in [-0.05, 0) is 19.4 Å².